The van der Waals surface area contributed by atoms with Crippen LogP contribution >= 0.6 is 15.9 Å². The molecule has 0 amide bonds. The van der Waals surface area contributed by atoms with Crippen molar-refractivity contribution in [3.8, 4) is 11.1 Å². The van der Waals surface area contributed by atoms with Crippen molar-refractivity contribution in [1.29, 1.82) is 0 Å². The van der Waals surface area contributed by atoms with Gasteiger partial charge in [-0.25, -0.2) is 23.7 Å². The zero-order valence-corrected chi connectivity index (χ0v) is 23.7. The average Bonchev–Trinajstić information content (AvgIpc) is 3.48. The van der Waals surface area contributed by atoms with Crippen molar-refractivity contribution < 1.29 is 23.2 Å². The van der Waals surface area contributed by atoms with Gasteiger partial charge in [-0.1, -0.05) is 6.07 Å². The van der Waals surface area contributed by atoms with Crippen molar-refractivity contribution in [2.45, 2.75) is 52.8 Å². The summed E-state index contributed by atoms with van der Waals surface area (Å²) >= 11 is 3.04. The van der Waals surface area contributed by atoms with Crippen LogP contribution in [0, 0.1) is 31.5 Å². The van der Waals surface area contributed by atoms with E-state index in [-0.39, 0.29) is 53.5 Å². The van der Waals surface area contributed by atoms with Crippen LogP contribution in [-0.4, -0.2) is 48.3 Å². The van der Waals surface area contributed by atoms with Gasteiger partial charge in [-0.2, -0.15) is 5.10 Å². The number of hydrogen-bond donors (Lipinski definition) is 0. The molecule has 40 heavy (non-hydrogen) atoms. The molecular weight excluding hydrogens is 584 g/mol. The van der Waals surface area contributed by atoms with E-state index in [4.69, 9.17) is 0 Å². The number of alkyl halides is 1. The summed E-state index contributed by atoms with van der Waals surface area (Å²) in [4.78, 5) is 51.7. The number of carbonyl (C=O) groups is 3. The maximum Gasteiger partial charge on any atom is 0.180 e. The van der Waals surface area contributed by atoms with Gasteiger partial charge in [0.25, 0.3) is 0 Å². The van der Waals surface area contributed by atoms with Crippen LogP contribution in [0.25, 0.3) is 22.0 Å². The Kier molecular flexibility index (Phi) is 7.67. The van der Waals surface area contributed by atoms with Gasteiger partial charge >= 0.3 is 0 Å². The molecule has 3 aromatic heterocycles. The number of halogens is 3. The highest BCUT2D eigenvalue weighted by molar-refractivity contribution is 9.10. The molecule has 5 rings (SSSR count). The number of benzene rings is 1. The minimum Gasteiger partial charge on any atom is -0.299 e. The molecule has 1 saturated carbocycles. The molecule has 1 aliphatic carbocycles. The van der Waals surface area contributed by atoms with E-state index in [0.29, 0.717) is 28.0 Å². The van der Waals surface area contributed by atoms with Gasteiger partial charge < -0.3 is 0 Å². The van der Waals surface area contributed by atoms with Gasteiger partial charge in [0.2, 0.25) is 0 Å². The number of Topliss-reactive ketones (excluding diaryl/α,β-unsaturated/α-hetero) is 3. The Morgan fingerprint density at radius 1 is 1.02 bits per heavy atom. The third-order valence-electron chi connectivity index (χ3n) is 7.41. The summed E-state index contributed by atoms with van der Waals surface area (Å²) in [6, 6.07) is 6.69. The van der Waals surface area contributed by atoms with Gasteiger partial charge in [0, 0.05) is 48.5 Å². The first kappa shape index (κ1) is 27.8. The molecule has 1 aliphatic rings. The average molecular weight is 610 g/mol. The zero-order chi connectivity index (χ0) is 28.7. The van der Waals surface area contributed by atoms with Crippen molar-refractivity contribution in [1.82, 2.24) is 24.7 Å². The highest BCUT2D eigenvalue weighted by Gasteiger charge is 2.42. The van der Waals surface area contributed by atoms with E-state index in [1.807, 2.05) is 12.1 Å². The first-order valence-corrected chi connectivity index (χ1v) is 13.6. The summed E-state index contributed by atoms with van der Waals surface area (Å²) in [5.74, 6) is -2.48. The number of aromatic nitrogens is 5. The largest absolute Gasteiger partial charge is 0.299 e. The number of nitrogens with zero attached hydrogens (tertiary/aromatic N) is 5. The second kappa shape index (κ2) is 11.0. The lowest BCUT2D eigenvalue weighted by Crippen LogP contribution is -2.30. The normalized spacial score (nSPS) is 18.8. The molecule has 0 bridgehead atoms. The van der Waals surface area contributed by atoms with E-state index in [1.54, 1.807) is 32.3 Å². The molecule has 0 spiro atoms. The highest BCUT2D eigenvalue weighted by atomic mass is 79.9. The van der Waals surface area contributed by atoms with Crippen LogP contribution in [-0.2, 0) is 22.6 Å². The van der Waals surface area contributed by atoms with Gasteiger partial charge in [0.1, 0.15) is 34.6 Å². The minimum absolute atomic E-state index is 0.00628. The minimum atomic E-state index is -1.29. The summed E-state index contributed by atoms with van der Waals surface area (Å²) in [7, 11) is 0. The second-order valence-corrected chi connectivity index (χ2v) is 11.0. The number of fused-ring (bicyclic) bond motifs is 1. The van der Waals surface area contributed by atoms with Gasteiger partial charge in [-0.05, 0) is 71.9 Å². The molecule has 206 valence electrons. The second-order valence-electron chi connectivity index (χ2n) is 10.2. The maximum atomic E-state index is 14.6. The third-order valence-corrected chi connectivity index (χ3v) is 7.96. The molecule has 0 radical (unpaired) electrons. The van der Waals surface area contributed by atoms with Crippen LogP contribution in [0.4, 0.5) is 8.78 Å². The fourth-order valence-corrected chi connectivity index (χ4v) is 5.63. The van der Waals surface area contributed by atoms with Crippen LogP contribution in [0.5, 0.6) is 0 Å². The Morgan fingerprint density at radius 3 is 2.38 bits per heavy atom. The van der Waals surface area contributed by atoms with Crippen LogP contribution in [0.1, 0.15) is 47.3 Å². The Morgan fingerprint density at radius 2 is 1.70 bits per heavy atom. The van der Waals surface area contributed by atoms with E-state index in [9.17, 15) is 23.2 Å². The number of aryl methyl sites for hydroxylation is 2. The Labute approximate surface area is 237 Å². The van der Waals surface area contributed by atoms with Gasteiger partial charge in [-0.3, -0.25) is 19.1 Å². The molecule has 1 fully saturated rings. The number of hydrogen-bond acceptors (Lipinski definition) is 7. The maximum absolute atomic E-state index is 14.6. The predicted octanol–water partition coefficient (Wildman–Crippen LogP) is 5.35. The van der Waals surface area contributed by atoms with Crippen molar-refractivity contribution in [3.63, 3.8) is 0 Å². The number of carbonyl (C=O) groups excluding carboxylic acids is 3. The Hall–Kier alpha value is -3.73. The molecule has 11 heteroatoms. The zero-order valence-electron chi connectivity index (χ0n) is 22.1. The predicted molar refractivity (Wildman–Crippen MR) is 147 cm³/mol. The fourth-order valence-electron chi connectivity index (χ4n) is 5.30. The Balaban J connectivity index is 1.41. The van der Waals surface area contributed by atoms with Crippen molar-refractivity contribution in [2.75, 3.05) is 0 Å². The quantitative estimate of drug-likeness (QED) is 0.196. The van der Waals surface area contributed by atoms with E-state index in [1.165, 1.54) is 17.7 Å². The van der Waals surface area contributed by atoms with Gasteiger partial charge in [0.05, 0.1) is 11.2 Å². The number of ketones is 3. The SMILES string of the molecule is CC(=O)c1nn(CC(=O)C2C[C@H](F)C[C@H]2C(=O)Cc2nc(Br)c(F)cc2C)c2ccc(-c3cnc(C)nc3)cc12. The highest BCUT2D eigenvalue weighted by Crippen LogP contribution is 2.37. The van der Waals surface area contributed by atoms with Crippen molar-refractivity contribution in [3.05, 3.63) is 69.9 Å². The molecule has 1 unspecified atom stereocenters. The molecule has 4 aromatic rings. The fraction of sp³-hybridized carbons (Fsp3) is 0.345. The van der Waals surface area contributed by atoms with Crippen LogP contribution in [0.3, 0.4) is 0 Å². The van der Waals surface area contributed by atoms with Crippen LogP contribution in [0.2, 0.25) is 0 Å². The lowest BCUT2D eigenvalue weighted by atomic mass is 9.86. The summed E-state index contributed by atoms with van der Waals surface area (Å²) in [5.41, 5.74) is 3.23. The molecule has 0 saturated heterocycles. The van der Waals surface area contributed by atoms with E-state index in [0.717, 1.165) is 11.1 Å². The summed E-state index contributed by atoms with van der Waals surface area (Å²) < 4.78 is 29.8. The molecular formula is C29H26BrF2N5O3. The lowest BCUT2D eigenvalue weighted by Gasteiger charge is -2.18. The lowest BCUT2D eigenvalue weighted by molar-refractivity contribution is -0.131. The summed E-state index contributed by atoms with van der Waals surface area (Å²) in [5, 5.41) is 4.99. The van der Waals surface area contributed by atoms with Crippen LogP contribution in [0.15, 0.2) is 41.3 Å². The first-order chi connectivity index (χ1) is 19.0. The van der Waals surface area contributed by atoms with Gasteiger partial charge in [0.15, 0.2) is 17.4 Å². The van der Waals surface area contributed by atoms with Gasteiger partial charge in [-0.15, -0.1) is 0 Å². The molecule has 1 aromatic carbocycles. The van der Waals surface area contributed by atoms with E-state index < -0.39 is 23.8 Å². The summed E-state index contributed by atoms with van der Waals surface area (Å²) in [6.07, 6.45) is 1.84. The van der Waals surface area contributed by atoms with Crippen molar-refractivity contribution in [2.24, 2.45) is 11.8 Å². The third kappa shape index (κ3) is 5.47. The summed E-state index contributed by atoms with van der Waals surface area (Å²) in [6.45, 7) is 4.62. The number of rotatable bonds is 8. The topological polar surface area (TPSA) is 108 Å². The standard InChI is InChI=1S/C29H26BrF2N5O3/c1-14-6-23(32)29(30)35-24(14)10-26(39)20-8-19(31)9-21(20)27(40)13-37-25-5-4-17(18-11-33-16(3)34-12-18)7-22(25)28(36-37)15(2)38/h4-7,11-12,19-21H,8-10,13H2,1-3H3/t19-,20-,21?/m1/s1. The monoisotopic (exact) mass is 609 g/mol. The smallest absolute Gasteiger partial charge is 0.180 e. The van der Waals surface area contributed by atoms with Crippen molar-refractivity contribution >= 4 is 44.2 Å². The molecule has 0 aliphatic heterocycles. The molecule has 8 nitrogen and oxygen atoms in total. The van der Waals surface area contributed by atoms with E-state index in [2.05, 4.69) is 36.0 Å². The van der Waals surface area contributed by atoms with Crippen LogP contribution < -0.4 is 0 Å². The van der Waals surface area contributed by atoms with E-state index >= 15 is 0 Å². The Bertz CT molecular complexity index is 1650. The molecule has 3 heterocycles. The molecule has 3 atom stereocenters. The number of pyridine rings is 1. The molecule has 0 N–H and O–H groups in total. The first-order valence-electron chi connectivity index (χ1n) is 12.8.